The summed E-state index contributed by atoms with van der Waals surface area (Å²) in [6.07, 6.45) is 6.72. The topological polar surface area (TPSA) is 111 Å². The van der Waals surface area contributed by atoms with Gasteiger partial charge in [0.2, 0.25) is 0 Å². The maximum absolute atomic E-state index is 11.7. The molecule has 6 aromatic rings. The van der Waals surface area contributed by atoms with Gasteiger partial charge < -0.3 is 10.5 Å². The molecule has 2 aromatic carbocycles. The van der Waals surface area contributed by atoms with Crippen LogP contribution >= 0.6 is 0 Å². The summed E-state index contributed by atoms with van der Waals surface area (Å²) in [7, 11) is 0. The van der Waals surface area contributed by atoms with Gasteiger partial charge in [0.25, 0.3) is 0 Å². The van der Waals surface area contributed by atoms with Gasteiger partial charge in [0, 0.05) is 34.4 Å². The molecule has 0 radical (unpaired) electrons. The van der Waals surface area contributed by atoms with Gasteiger partial charge >= 0.3 is 5.69 Å². The van der Waals surface area contributed by atoms with E-state index in [1.54, 1.807) is 12.4 Å². The Labute approximate surface area is 230 Å². The predicted octanol–water partition coefficient (Wildman–Crippen LogP) is 5.35. The molecule has 1 aliphatic rings. The van der Waals surface area contributed by atoms with Crippen molar-refractivity contribution in [1.82, 2.24) is 24.6 Å². The molecule has 0 amide bonds. The highest BCUT2D eigenvalue weighted by molar-refractivity contribution is 5.92. The van der Waals surface area contributed by atoms with Crippen molar-refractivity contribution in [3.8, 4) is 22.4 Å². The lowest BCUT2D eigenvalue weighted by atomic mass is 9.72. The quantitative estimate of drug-likeness (QED) is 0.289. The third-order valence-corrected chi connectivity index (χ3v) is 7.88. The lowest BCUT2D eigenvalue weighted by Crippen LogP contribution is -2.43. The van der Waals surface area contributed by atoms with Gasteiger partial charge in [-0.3, -0.25) is 9.38 Å². The second-order valence-corrected chi connectivity index (χ2v) is 10.4. The summed E-state index contributed by atoms with van der Waals surface area (Å²) < 4.78 is 7.52. The SMILES string of the molecule is NC1(c2ccc(-c3nc4ccnc(COCc5ccn6c(=O)[nH]nc6c5)c4cc3-c3ccccc3)cc2)CCC1. The van der Waals surface area contributed by atoms with Crippen LogP contribution in [0.5, 0.6) is 0 Å². The van der Waals surface area contributed by atoms with Crippen LogP contribution in [-0.2, 0) is 23.5 Å². The molecule has 0 spiro atoms. The highest BCUT2D eigenvalue weighted by atomic mass is 16.5. The molecule has 198 valence electrons. The fraction of sp³-hybridized carbons (Fsp3) is 0.188. The zero-order valence-electron chi connectivity index (χ0n) is 21.9. The zero-order chi connectivity index (χ0) is 27.1. The molecule has 0 atom stereocenters. The Morgan fingerprint density at radius 1 is 0.950 bits per heavy atom. The number of fused-ring (bicyclic) bond motifs is 2. The number of nitrogens with one attached hydrogen (secondary N) is 1. The summed E-state index contributed by atoms with van der Waals surface area (Å²) in [4.78, 5) is 21.5. The fourth-order valence-corrected chi connectivity index (χ4v) is 5.43. The lowest BCUT2D eigenvalue weighted by Gasteiger charge is -2.38. The Bertz CT molecular complexity index is 1890. The third-order valence-electron chi connectivity index (χ3n) is 7.88. The summed E-state index contributed by atoms with van der Waals surface area (Å²) in [6.45, 7) is 0.681. The van der Waals surface area contributed by atoms with Crippen molar-refractivity contribution in [2.75, 3.05) is 0 Å². The minimum absolute atomic E-state index is 0.195. The monoisotopic (exact) mass is 528 g/mol. The van der Waals surface area contributed by atoms with Crippen LogP contribution in [0.4, 0.5) is 0 Å². The smallest absolute Gasteiger partial charge is 0.347 e. The van der Waals surface area contributed by atoms with Crippen LogP contribution in [0.2, 0.25) is 0 Å². The van der Waals surface area contributed by atoms with E-state index >= 15 is 0 Å². The Kier molecular flexibility index (Phi) is 5.99. The first-order chi connectivity index (χ1) is 19.6. The average Bonchev–Trinajstić information content (AvgIpc) is 3.35. The van der Waals surface area contributed by atoms with E-state index in [2.05, 4.69) is 57.6 Å². The summed E-state index contributed by atoms with van der Waals surface area (Å²) in [5.74, 6) is 0. The first-order valence-corrected chi connectivity index (χ1v) is 13.4. The largest absolute Gasteiger partial charge is 0.370 e. The van der Waals surface area contributed by atoms with Gasteiger partial charge in [-0.1, -0.05) is 54.6 Å². The molecule has 0 unspecified atom stereocenters. The van der Waals surface area contributed by atoms with Crippen LogP contribution in [0, 0.1) is 0 Å². The standard InChI is InChI=1S/C32H28N6O2/c33-32(13-4-14-32)24-9-7-23(8-10-24)30-25(22-5-2-1-3-6-22)18-26-27(35-30)11-15-34-28(26)20-40-19-21-12-16-38-29(17-21)36-37-31(38)39/h1-3,5-12,15-18H,4,13-14,19-20,33H2,(H,37,39). The van der Waals surface area contributed by atoms with E-state index in [9.17, 15) is 4.79 Å². The number of benzene rings is 2. The van der Waals surface area contributed by atoms with Crippen LogP contribution < -0.4 is 11.4 Å². The number of hydrogen-bond acceptors (Lipinski definition) is 6. The number of ether oxygens (including phenoxy) is 1. The van der Waals surface area contributed by atoms with E-state index in [1.165, 1.54) is 16.4 Å². The van der Waals surface area contributed by atoms with E-state index in [0.717, 1.165) is 57.4 Å². The summed E-state index contributed by atoms with van der Waals surface area (Å²) in [6, 6.07) is 26.7. The molecular weight excluding hydrogens is 500 g/mol. The molecule has 1 saturated carbocycles. The van der Waals surface area contributed by atoms with Crippen molar-refractivity contribution in [2.24, 2.45) is 5.73 Å². The number of aromatic amines is 1. The van der Waals surface area contributed by atoms with Gasteiger partial charge in [-0.15, -0.1) is 0 Å². The highest BCUT2D eigenvalue weighted by Gasteiger charge is 2.34. The summed E-state index contributed by atoms with van der Waals surface area (Å²) >= 11 is 0. The van der Waals surface area contributed by atoms with Gasteiger partial charge in [-0.05, 0) is 60.2 Å². The molecule has 8 heteroatoms. The van der Waals surface area contributed by atoms with E-state index in [0.29, 0.717) is 18.9 Å². The molecule has 3 N–H and O–H groups in total. The third kappa shape index (κ3) is 4.37. The van der Waals surface area contributed by atoms with Crippen molar-refractivity contribution in [3.63, 3.8) is 0 Å². The van der Waals surface area contributed by atoms with Gasteiger partial charge in [-0.25, -0.2) is 14.9 Å². The second kappa shape index (κ2) is 9.82. The summed E-state index contributed by atoms with van der Waals surface area (Å²) in [5, 5.41) is 7.42. The van der Waals surface area contributed by atoms with Crippen molar-refractivity contribution in [1.29, 1.82) is 0 Å². The number of hydrogen-bond donors (Lipinski definition) is 2. The van der Waals surface area contributed by atoms with E-state index in [1.807, 2.05) is 36.4 Å². The van der Waals surface area contributed by atoms with Gasteiger partial charge in [0.05, 0.1) is 30.1 Å². The maximum Gasteiger partial charge on any atom is 0.347 e. The molecule has 4 heterocycles. The van der Waals surface area contributed by atoms with Crippen molar-refractivity contribution < 1.29 is 4.74 Å². The molecule has 8 nitrogen and oxygen atoms in total. The van der Waals surface area contributed by atoms with Crippen LogP contribution in [0.25, 0.3) is 38.9 Å². The molecule has 1 fully saturated rings. The zero-order valence-corrected chi connectivity index (χ0v) is 21.9. The van der Waals surface area contributed by atoms with Crippen LogP contribution in [-0.4, -0.2) is 24.6 Å². The number of nitrogens with zero attached hydrogens (tertiary/aromatic N) is 4. The highest BCUT2D eigenvalue weighted by Crippen LogP contribution is 2.40. The number of pyridine rings is 3. The first-order valence-electron chi connectivity index (χ1n) is 13.4. The van der Waals surface area contributed by atoms with Gasteiger partial charge in [0.1, 0.15) is 0 Å². The van der Waals surface area contributed by atoms with E-state index < -0.39 is 0 Å². The Hall–Kier alpha value is -4.66. The van der Waals surface area contributed by atoms with Crippen LogP contribution in [0.3, 0.4) is 0 Å². The number of rotatable bonds is 7. The van der Waals surface area contributed by atoms with Crippen LogP contribution in [0.15, 0.2) is 96.1 Å². The normalized spacial score (nSPS) is 14.4. The Morgan fingerprint density at radius 3 is 2.55 bits per heavy atom. The molecule has 40 heavy (non-hydrogen) atoms. The van der Waals surface area contributed by atoms with Gasteiger partial charge in [-0.2, -0.15) is 5.10 Å². The number of H-pyrrole nitrogens is 1. The van der Waals surface area contributed by atoms with Crippen LogP contribution in [0.1, 0.15) is 36.1 Å². The minimum Gasteiger partial charge on any atom is -0.370 e. The molecule has 7 rings (SSSR count). The summed E-state index contributed by atoms with van der Waals surface area (Å²) in [5.41, 5.74) is 14.6. The first kappa shape index (κ1) is 24.4. The fourth-order valence-electron chi connectivity index (χ4n) is 5.43. The predicted molar refractivity (Wildman–Crippen MR) is 154 cm³/mol. The molecule has 0 saturated heterocycles. The second-order valence-electron chi connectivity index (χ2n) is 10.4. The molecule has 1 aliphatic carbocycles. The van der Waals surface area contributed by atoms with Crippen molar-refractivity contribution in [2.45, 2.75) is 38.0 Å². The van der Waals surface area contributed by atoms with Crippen molar-refractivity contribution in [3.05, 3.63) is 119 Å². The molecule has 0 bridgehead atoms. The molecule has 4 aromatic heterocycles. The van der Waals surface area contributed by atoms with Gasteiger partial charge in [0.15, 0.2) is 5.65 Å². The number of aromatic nitrogens is 5. The molecule has 0 aliphatic heterocycles. The number of nitrogens with two attached hydrogens (primary N) is 1. The molecular formula is C32H28N6O2. The average molecular weight is 529 g/mol. The maximum atomic E-state index is 11.7. The minimum atomic E-state index is -0.263. The Morgan fingerprint density at radius 2 is 1.77 bits per heavy atom. The van der Waals surface area contributed by atoms with E-state index in [-0.39, 0.29) is 11.2 Å². The Balaban J connectivity index is 1.22. The van der Waals surface area contributed by atoms with E-state index in [4.69, 9.17) is 15.5 Å². The lowest BCUT2D eigenvalue weighted by molar-refractivity contribution is 0.105. The van der Waals surface area contributed by atoms with Crippen molar-refractivity contribution >= 4 is 16.6 Å².